The summed E-state index contributed by atoms with van der Waals surface area (Å²) >= 11 is 1.34. The van der Waals surface area contributed by atoms with Gasteiger partial charge in [-0.05, 0) is 86.3 Å². The summed E-state index contributed by atoms with van der Waals surface area (Å²) in [5, 5.41) is 11.9. The second-order valence-corrected chi connectivity index (χ2v) is 11.5. The number of nitrogens with zero attached hydrogens (tertiary/aromatic N) is 2. The summed E-state index contributed by atoms with van der Waals surface area (Å²) in [6.07, 6.45) is 3.06. The van der Waals surface area contributed by atoms with E-state index in [1.165, 1.54) is 16.2 Å². The number of rotatable bonds is 11. The predicted molar refractivity (Wildman–Crippen MR) is 170 cm³/mol. The van der Waals surface area contributed by atoms with Crippen LogP contribution >= 0.6 is 11.3 Å². The van der Waals surface area contributed by atoms with E-state index < -0.39 is 17.7 Å². The molecule has 0 spiro atoms. The van der Waals surface area contributed by atoms with Crippen LogP contribution < -0.4 is 19.1 Å². The number of aromatic nitrogens is 1. The highest BCUT2D eigenvalue weighted by Gasteiger charge is 2.48. The lowest BCUT2D eigenvalue weighted by Gasteiger charge is -2.24. The van der Waals surface area contributed by atoms with Crippen LogP contribution in [-0.4, -0.2) is 42.1 Å². The number of ether oxygens (including phenoxy) is 3. The second kappa shape index (κ2) is 12.9. The van der Waals surface area contributed by atoms with Crippen molar-refractivity contribution in [1.82, 2.24) is 4.98 Å². The van der Waals surface area contributed by atoms with Gasteiger partial charge >= 0.3 is 5.91 Å². The number of carbonyl (C=O) groups is 2. The van der Waals surface area contributed by atoms with Crippen LogP contribution in [0.15, 0.2) is 60.2 Å². The van der Waals surface area contributed by atoms with Crippen LogP contribution in [0.4, 0.5) is 5.13 Å². The number of carbonyl (C=O) groups excluding carboxylic acids is 2. The number of fused-ring (bicyclic) bond motifs is 1. The van der Waals surface area contributed by atoms with E-state index in [1.807, 2.05) is 39.0 Å². The Labute approximate surface area is 255 Å². The molecular formula is C34H36N2O6S. The van der Waals surface area contributed by atoms with E-state index in [-0.39, 0.29) is 11.3 Å². The van der Waals surface area contributed by atoms with E-state index >= 15 is 0 Å². The zero-order valence-corrected chi connectivity index (χ0v) is 25.9. The molecule has 5 rings (SSSR count). The highest BCUT2D eigenvalue weighted by atomic mass is 32.1. The Morgan fingerprint density at radius 2 is 1.74 bits per heavy atom. The Morgan fingerprint density at radius 1 is 0.977 bits per heavy atom. The molecule has 43 heavy (non-hydrogen) atoms. The predicted octanol–water partition coefficient (Wildman–Crippen LogP) is 7.52. The number of aryl methyl sites for hydroxylation is 2. The van der Waals surface area contributed by atoms with Crippen LogP contribution in [0, 0.1) is 13.8 Å². The molecule has 0 radical (unpaired) electrons. The molecular weight excluding hydrogens is 564 g/mol. The first-order valence-electron chi connectivity index (χ1n) is 14.5. The molecule has 1 aromatic heterocycles. The molecule has 1 unspecified atom stereocenters. The highest BCUT2D eigenvalue weighted by molar-refractivity contribution is 7.22. The number of unbranched alkanes of at least 4 members (excludes halogenated alkanes) is 2. The molecule has 9 heteroatoms. The SMILES string of the molecule is CCCCCOc1ccc(C2/C(=C(\O)c3ccc(OC)cc3)C(=O)C(=O)N2c2nc3c(C)cc(C)cc3s2)cc1OCC. The van der Waals surface area contributed by atoms with E-state index in [9.17, 15) is 14.7 Å². The number of benzene rings is 3. The Morgan fingerprint density at radius 3 is 2.44 bits per heavy atom. The van der Waals surface area contributed by atoms with Crippen LogP contribution in [-0.2, 0) is 9.59 Å². The molecule has 1 fully saturated rings. The van der Waals surface area contributed by atoms with Crippen molar-refractivity contribution in [2.24, 2.45) is 0 Å². The van der Waals surface area contributed by atoms with Crippen LogP contribution in [0.1, 0.15) is 61.4 Å². The third-order valence-corrected chi connectivity index (χ3v) is 8.42. The summed E-state index contributed by atoms with van der Waals surface area (Å²) < 4.78 is 18.2. The molecule has 1 aliphatic rings. The lowest BCUT2D eigenvalue weighted by atomic mass is 9.95. The fourth-order valence-corrected chi connectivity index (χ4v) is 6.50. The van der Waals surface area contributed by atoms with Gasteiger partial charge in [-0.3, -0.25) is 14.5 Å². The summed E-state index contributed by atoms with van der Waals surface area (Å²) in [7, 11) is 1.55. The monoisotopic (exact) mass is 600 g/mol. The minimum absolute atomic E-state index is 0.0265. The van der Waals surface area contributed by atoms with E-state index in [4.69, 9.17) is 19.2 Å². The third-order valence-electron chi connectivity index (χ3n) is 7.42. The fraction of sp³-hybridized carbons (Fsp3) is 0.324. The first-order valence-corrected chi connectivity index (χ1v) is 15.3. The minimum atomic E-state index is -0.947. The molecule has 1 atom stereocenters. The number of amides is 1. The summed E-state index contributed by atoms with van der Waals surface area (Å²) in [5.74, 6) is -0.138. The van der Waals surface area contributed by atoms with Gasteiger partial charge in [0.1, 0.15) is 11.5 Å². The highest BCUT2D eigenvalue weighted by Crippen LogP contribution is 2.46. The van der Waals surface area contributed by atoms with Crippen molar-refractivity contribution < 1.29 is 28.9 Å². The van der Waals surface area contributed by atoms with Gasteiger partial charge in [-0.2, -0.15) is 0 Å². The molecule has 1 saturated heterocycles. The average Bonchev–Trinajstić information content (AvgIpc) is 3.54. The van der Waals surface area contributed by atoms with Gasteiger partial charge in [0.25, 0.3) is 5.78 Å². The standard InChI is InChI=1S/C34H36N2O6S/c1-6-8-9-16-42-25-15-12-23(19-26(25)41-7-2)30-28(31(37)22-10-13-24(40-5)14-11-22)32(38)33(39)36(30)34-35-29-21(4)17-20(3)18-27(29)43-34/h10-15,17-19,30,37H,6-9,16H2,1-5H3/b31-28+. The molecule has 4 aromatic rings. The second-order valence-electron chi connectivity index (χ2n) is 10.5. The van der Waals surface area contributed by atoms with Gasteiger partial charge in [0.2, 0.25) is 0 Å². The fourth-order valence-electron chi connectivity index (χ4n) is 5.33. The average molecular weight is 601 g/mol. The van der Waals surface area contributed by atoms with Crippen molar-refractivity contribution in [2.45, 2.75) is 53.0 Å². The van der Waals surface area contributed by atoms with E-state index in [2.05, 4.69) is 6.92 Å². The minimum Gasteiger partial charge on any atom is -0.507 e. The molecule has 1 aliphatic heterocycles. The van der Waals surface area contributed by atoms with Gasteiger partial charge in [0, 0.05) is 5.56 Å². The van der Waals surface area contributed by atoms with Crippen molar-refractivity contribution in [3.8, 4) is 17.2 Å². The maximum absolute atomic E-state index is 13.8. The Hall–Kier alpha value is -4.37. The number of methoxy groups -OCH3 is 1. The maximum atomic E-state index is 13.8. The topological polar surface area (TPSA) is 98.2 Å². The van der Waals surface area contributed by atoms with Gasteiger partial charge in [-0.1, -0.05) is 43.2 Å². The Balaban J connectivity index is 1.67. The summed E-state index contributed by atoms with van der Waals surface area (Å²) in [5.41, 5.74) is 3.78. The Bertz CT molecular complexity index is 1690. The number of Topliss-reactive ketones (excluding diaryl/α,β-unsaturated/α-hetero) is 1. The van der Waals surface area contributed by atoms with Gasteiger partial charge in [0.15, 0.2) is 16.6 Å². The summed E-state index contributed by atoms with van der Waals surface area (Å²) in [4.78, 5) is 33.7. The number of hydrogen-bond donors (Lipinski definition) is 1. The number of hydrogen-bond acceptors (Lipinski definition) is 8. The third kappa shape index (κ3) is 5.95. The molecule has 8 nitrogen and oxygen atoms in total. The first-order chi connectivity index (χ1) is 20.8. The largest absolute Gasteiger partial charge is 0.507 e. The molecule has 1 amide bonds. The van der Waals surface area contributed by atoms with Crippen LogP contribution in [0.25, 0.3) is 16.0 Å². The van der Waals surface area contributed by atoms with Crippen LogP contribution in [0.2, 0.25) is 0 Å². The van der Waals surface area contributed by atoms with Crippen molar-refractivity contribution in [2.75, 3.05) is 25.2 Å². The van der Waals surface area contributed by atoms with E-state index in [0.717, 1.165) is 40.6 Å². The molecule has 3 aromatic carbocycles. The van der Waals surface area contributed by atoms with E-state index in [0.29, 0.717) is 46.7 Å². The number of thiazole rings is 1. The van der Waals surface area contributed by atoms with Gasteiger partial charge in [-0.15, -0.1) is 0 Å². The van der Waals surface area contributed by atoms with Crippen LogP contribution in [0.3, 0.4) is 0 Å². The van der Waals surface area contributed by atoms with Gasteiger partial charge in [0.05, 0.1) is 42.2 Å². The molecule has 1 N–H and O–H groups in total. The van der Waals surface area contributed by atoms with Crippen molar-refractivity contribution in [1.29, 1.82) is 0 Å². The van der Waals surface area contributed by atoms with Crippen molar-refractivity contribution in [3.63, 3.8) is 0 Å². The molecule has 2 heterocycles. The number of ketones is 1. The number of aliphatic hydroxyl groups is 1. The summed E-state index contributed by atoms with van der Waals surface area (Å²) in [6.45, 7) is 8.95. The lowest BCUT2D eigenvalue weighted by Crippen LogP contribution is -2.29. The van der Waals surface area contributed by atoms with Gasteiger partial charge < -0.3 is 19.3 Å². The molecule has 0 saturated carbocycles. The molecule has 224 valence electrons. The smallest absolute Gasteiger partial charge is 0.301 e. The zero-order valence-electron chi connectivity index (χ0n) is 25.1. The lowest BCUT2D eigenvalue weighted by molar-refractivity contribution is -0.132. The Kier molecular flexibility index (Phi) is 9.01. The van der Waals surface area contributed by atoms with Crippen molar-refractivity contribution in [3.05, 3.63) is 82.4 Å². The summed E-state index contributed by atoms with van der Waals surface area (Å²) in [6, 6.07) is 15.2. The number of anilines is 1. The molecule has 0 bridgehead atoms. The maximum Gasteiger partial charge on any atom is 0.301 e. The number of aliphatic hydroxyl groups excluding tert-OH is 1. The first kappa shape index (κ1) is 30.1. The molecule has 0 aliphatic carbocycles. The van der Waals surface area contributed by atoms with E-state index in [1.54, 1.807) is 43.5 Å². The quantitative estimate of drug-likeness (QED) is 0.0823. The normalized spacial score (nSPS) is 16.2. The zero-order chi connectivity index (χ0) is 30.7. The van der Waals surface area contributed by atoms with Gasteiger partial charge in [-0.25, -0.2) is 4.98 Å². The van der Waals surface area contributed by atoms with Crippen molar-refractivity contribution >= 4 is 44.1 Å². The van der Waals surface area contributed by atoms with Crippen LogP contribution in [0.5, 0.6) is 17.2 Å².